The highest BCUT2D eigenvalue weighted by molar-refractivity contribution is 7.18. The number of H-pyrrole nitrogens is 1. The van der Waals surface area contributed by atoms with Crippen molar-refractivity contribution in [3.8, 4) is 0 Å². The summed E-state index contributed by atoms with van der Waals surface area (Å²) < 4.78 is 0. The summed E-state index contributed by atoms with van der Waals surface area (Å²) in [5, 5.41) is 3.77. The van der Waals surface area contributed by atoms with Gasteiger partial charge >= 0.3 is 0 Å². The van der Waals surface area contributed by atoms with Crippen LogP contribution in [0.25, 0.3) is 10.2 Å². The van der Waals surface area contributed by atoms with Crippen LogP contribution in [-0.4, -0.2) is 58.4 Å². The lowest BCUT2D eigenvalue weighted by Gasteiger charge is -2.33. The van der Waals surface area contributed by atoms with Gasteiger partial charge in [-0.1, -0.05) is 6.07 Å². The van der Waals surface area contributed by atoms with Gasteiger partial charge in [0.15, 0.2) is 0 Å². The maximum atomic E-state index is 12.5. The van der Waals surface area contributed by atoms with E-state index in [-0.39, 0.29) is 11.5 Å². The number of nitrogens with one attached hydrogen (secondary N) is 2. The standard InChI is InChI=1S/C24H29N5O2S/c1-15-16(2)32-24-22(15)23(31)26-20(27-24)13-28-8-10-29(11-9-28)14-21(30)25-19-7-6-17-4-3-5-18(17)12-19/h6-7,12H,3-5,8-11,13-14H2,1-2H3,(H,25,30)(H,26,27,31). The molecule has 2 aliphatic rings. The highest BCUT2D eigenvalue weighted by atomic mass is 32.1. The molecule has 0 saturated carbocycles. The number of carbonyl (C=O) groups excluding carboxylic acids is 1. The van der Waals surface area contributed by atoms with Crippen molar-refractivity contribution < 1.29 is 4.79 Å². The highest BCUT2D eigenvalue weighted by Crippen LogP contribution is 2.26. The number of hydrogen-bond acceptors (Lipinski definition) is 6. The van der Waals surface area contributed by atoms with Gasteiger partial charge in [-0.05, 0) is 61.9 Å². The van der Waals surface area contributed by atoms with Crippen molar-refractivity contribution in [2.75, 3.05) is 38.0 Å². The molecular weight excluding hydrogens is 422 g/mol. The Hall–Kier alpha value is -2.55. The predicted molar refractivity (Wildman–Crippen MR) is 129 cm³/mol. The number of rotatable bonds is 5. The molecule has 7 nitrogen and oxygen atoms in total. The third-order valence-corrected chi connectivity index (χ3v) is 7.78. The zero-order chi connectivity index (χ0) is 22.2. The summed E-state index contributed by atoms with van der Waals surface area (Å²) in [6.07, 6.45) is 3.47. The fraction of sp³-hybridized carbons (Fsp3) is 0.458. The monoisotopic (exact) mass is 451 g/mol. The number of aromatic amines is 1. The van der Waals surface area contributed by atoms with Gasteiger partial charge in [0.2, 0.25) is 5.91 Å². The zero-order valence-electron chi connectivity index (χ0n) is 18.7. The highest BCUT2D eigenvalue weighted by Gasteiger charge is 2.21. The summed E-state index contributed by atoms with van der Waals surface area (Å²) in [6.45, 7) is 8.36. The number of benzene rings is 1. The molecule has 0 bridgehead atoms. The van der Waals surface area contributed by atoms with Crippen LogP contribution in [-0.2, 0) is 24.2 Å². The van der Waals surface area contributed by atoms with Crippen molar-refractivity contribution in [2.45, 2.75) is 39.7 Å². The fourth-order valence-electron chi connectivity index (χ4n) is 4.74. The summed E-state index contributed by atoms with van der Waals surface area (Å²) >= 11 is 1.58. The van der Waals surface area contributed by atoms with Crippen LogP contribution in [0, 0.1) is 13.8 Å². The first-order valence-corrected chi connectivity index (χ1v) is 12.1. The molecule has 3 heterocycles. The van der Waals surface area contributed by atoms with E-state index in [0.29, 0.717) is 18.9 Å². The predicted octanol–water partition coefficient (Wildman–Crippen LogP) is 2.85. The lowest BCUT2D eigenvalue weighted by Crippen LogP contribution is -2.48. The van der Waals surface area contributed by atoms with Gasteiger partial charge in [-0.2, -0.15) is 0 Å². The summed E-state index contributed by atoms with van der Waals surface area (Å²) in [4.78, 5) is 39.1. The summed E-state index contributed by atoms with van der Waals surface area (Å²) in [5.41, 5.74) is 4.66. The van der Waals surface area contributed by atoms with Crippen molar-refractivity contribution >= 4 is 33.1 Å². The average molecular weight is 452 g/mol. The van der Waals surface area contributed by atoms with E-state index in [2.05, 4.69) is 32.2 Å². The van der Waals surface area contributed by atoms with Crippen molar-refractivity contribution in [1.29, 1.82) is 0 Å². The Kier molecular flexibility index (Phi) is 5.84. The molecule has 3 aromatic rings. The minimum atomic E-state index is -0.0475. The number of piperazine rings is 1. The fourth-order valence-corrected chi connectivity index (χ4v) is 5.79. The second-order valence-electron chi connectivity index (χ2n) is 8.91. The summed E-state index contributed by atoms with van der Waals surface area (Å²) in [7, 11) is 0. The number of hydrogen-bond donors (Lipinski definition) is 2. The molecule has 1 amide bonds. The van der Waals surface area contributed by atoms with E-state index in [1.165, 1.54) is 17.5 Å². The van der Waals surface area contributed by atoms with Crippen LogP contribution in [0.15, 0.2) is 23.0 Å². The van der Waals surface area contributed by atoms with Gasteiger partial charge in [-0.3, -0.25) is 19.4 Å². The van der Waals surface area contributed by atoms with Crippen molar-refractivity contribution in [3.05, 3.63) is 55.9 Å². The molecule has 0 unspecified atom stereocenters. The number of thiophene rings is 1. The molecule has 0 atom stereocenters. The Labute approximate surface area is 191 Å². The Bertz CT molecular complexity index is 1220. The molecule has 5 rings (SSSR count). The number of aryl methyl sites for hydroxylation is 4. The normalized spacial score (nSPS) is 17.1. The van der Waals surface area contributed by atoms with Crippen LogP contribution in [0.3, 0.4) is 0 Å². The van der Waals surface area contributed by atoms with Crippen LogP contribution in [0.4, 0.5) is 5.69 Å². The Morgan fingerprint density at radius 2 is 1.88 bits per heavy atom. The topological polar surface area (TPSA) is 81.3 Å². The van der Waals surface area contributed by atoms with Crippen LogP contribution in [0.1, 0.15) is 33.8 Å². The SMILES string of the molecule is Cc1sc2nc(CN3CCN(CC(=O)Nc4ccc5c(c4)CCC5)CC3)[nH]c(=O)c2c1C. The molecule has 0 spiro atoms. The first-order valence-electron chi connectivity index (χ1n) is 11.3. The molecule has 8 heteroatoms. The summed E-state index contributed by atoms with van der Waals surface area (Å²) in [6, 6.07) is 6.28. The maximum Gasteiger partial charge on any atom is 0.259 e. The molecule has 168 valence electrons. The molecule has 1 fully saturated rings. The van der Waals surface area contributed by atoms with Gasteiger partial charge in [0.25, 0.3) is 5.56 Å². The molecular formula is C24H29N5O2S. The van der Waals surface area contributed by atoms with Crippen LogP contribution >= 0.6 is 11.3 Å². The molecule has 0 radical (unpaired) electrons. The van der Waals surface area contributed by atoms with Crippen LogP contribution in [0.2, 0.25) is 0 Å². The third kappa shape index (κ3) is 4.35. The smallest absolute Gasteiger partial charge is 0.259 e. The van der Waals surface area contributed by atoms with E-state index in [1.54, 1.807) is 11.3 Å². The van der Waals surface area contributed by atoms with E-state index in [4.69, 9.17) is 4.98 Å². The lowest BCUT2D eigenvalue weighted by atomic mass is 10.1. The van der Waals surface area contributed by atoms with Gasteiger partial charge in [-0.25, -0.2) is 4.98 Å². The minimum Gasteiger partial charge on any atom is -0.325 e. The number of fused-ring (bicyclic) bond motifs is 2. The maximum absolute atomic E-state index is 12.5. The number of amides is 1. The third-order valence-electron chi connectivity index (χ3n) is 6.68. The number of carbonyl (C=O) groups is 1. The van der Waals surface area contributed by atoms with Crippen molar-refractivity contribution in [3.63, 3.8) is 0 Å². The van der Waals surface area contributed by atoms with Crippen LogP contribution in [0.5, 0.6) is 0 Å². The number of nitrogens with zero attached hydrogens (tertiary/aromatic N) is 3. The van der Waals surface area contributed by atoms with E-state index in [9.17, 15) is 9.59 Å². The van der Waals surface area contributed by atoms with Gasteiger partial charge in [0.1, 0.15) is 10.7 Å². The lowest BCUT2D eigenvalue weighted by molar-refractivity contribution is -0.117. The molecule has 1 saturated heterocycles. The van der Waals surface area contributed by atoms with E-state index in [1.807, 2.05) is 19.9 Å². The Morgan fingerprint density at radius 1 is 1.12 bits per heavy atom. The Balaban J connectivity index is 1.14. The number of anilines is 1. The molecule has 2 N–H and O–H groups in total. The number of aromatic nitrogens is 2. The van der Waals surface area contributed by atoms with Gasteiger partial charge in [0, 0.05) is 36.7 Å². The first kappa shape index (κ1) is 21.3. The molecule has 1 aliphatic heterocycles. The van der Waals surface area contributed by atoms with Gasteiger partial charge < -0.3 is 10.3 Å². The van der Waals surface area contributed by atoms with E-state index < -0.39 is 0 Å². The second kappa shape index (κ2) is 8.77. The van der Waals surface area contributed by atoms with Gasteiger partial charge in [-0.15, -0.1) is 11.3 Å². The minimum absolute atomic E-state index is 0.0382. The molecule has 2 aromatic heterocycles. The first-order chi connectivity index (χ1) is 15.5. The Morgan fingerprint density at radius 3 is 2.69 bits per heavy atom. The molecule has 1 aliphatic carbocycles. The van der Waals surface area contributed by atoms with Crippen LogP contribution < -0.4 is 10.9 Å². The molecule has 32 heavy (non-hydrogen) atoms. The summed E-state index contributed by atoms with van der Waals surface area (Å²) in [5.74, 6) is 0.753. The van der Waals surface area contributed by atoms with Crippen molar-refractivity contribution in [2.24, 2.45) is 0 Å². The van der Waals surface area contributed by atoms with Crippen molar-refractivity contribution in [1.82, 2.24) is 19.8 Å². The molecule has 1 aromatic carbocycles. The largest absolute Gasteiger partial charge is 0.325 e. The van der Waals surface area contributed by atoms with E-state index in [0.717, 1.165) is 65.4 Å². The average Bonchev–Trinajstić information content (AvgIpc) is 3.33. The second-order valence-corrected chi connectivity index (χ2v) is 10.1. The zero-order valence-corrected chi connectivity index (χ0v) is 19.5. The van der Waals surface area contributed by atoms with E-state index >= 15 is 0 Å². The van der Waals surface area contributed by atoms with Gasteiger partial charge in [0.05, 0.1) is 18.5 Å². The quantitative estimate of drug-likeness (QED) is 0.624.